The Kier molecular flexibility index (Phi) is 3.25. The zero-order valence-corrected chi connectivity index (χ0v) is 6.14. The molecule has 0 spiro atoms. The summed E-state index contributed by atoms with van der Waals surface area (Å²) in [6.07, 6.45) is 1.38. The van der Waals surface area contributed by atoms with E-state index in [-0.39, 0.29) is 11.7 Å². The average Bonchev–Trinajstić information content (AvgIpc) is 1.58. The topological polar surface area (TPSA) is 49.3 Å². The molecule has 56 valence electrons. The Bertz CT molecular complexity index is 182. The summed E-state index contributed by atoms with van der Waals surface area (Å²) in [6.45, 7) is 6.30. The maximum atomic E-state index is 10.4. The number of carbonyl (C=O) groups is 1. The fourth-order valence-electron chi connectivity index (χ4n) is 0.564. The van der Waals surface area contributed by atoms with Crippen molar-refractivity contribution < 1.29 is 9.90 Å². The molecule has 0 atom stereocenters. The van der Waals surface area contributed by atoms with Gasteiger partial charge in [0.05, 0.1) is 0 Å². The van der Waals surface area contributed by atoms with E-state index in [2.05, 4.69) is 11.9 Å². The Hall–Kier alpha value is -1.25. The molecule has 0 heterocycles. The van der Waals surface area contributed by atoms with E-state index in [0.717, 1.165) is 0 Å². The molecule has 0 saturated carbocycles. The summed E-state index contributed by atoms with van der Waals surface area (Å²) < 4.78 is 0. The number of hydrogen-bond acceptors (Lipinski definition) is 2. The van der Waals surface area contributed by atoms with Gasteiger partial charge in [-0.2, -0.15) is 0 Å². The molecular weight excluding hydrogens is 130 g/mol. The van der Waals surface area contributed by atoms with Gasteiger partial charge in [0.25, 0.3) is 0 Å². The van der Waals surface area contributed by atoms with Crippen LogP contribution in [0.4, 0.5) is 0 Å². The first-order chi connectivity index (χ1) is 4.52. The van der Waals surface area contributed by atoms with Gasteiger partial charge < -0.3 is 10.4 Å². The van der Waals surface area contributed by atoms with Gasteiger partial charge in [0.15, 0.2) is 0 Å². The van der Waals surface area contributed by atoms with Crippen LogP contribution in [0.3, 0.4) is 0 Å². The van der Waals surface area contributed by atoms with Crippen LogP contribution in [0.5, 0.6) is 0 Å². The Balaban J connectivity index is 3.95. The van der Waals surface area contributed by atoms with E-state index < -0.39 is 0 Å². The molecule has 0 aliphatic carbocycles. The van der Waals surface area contributed by atoms with E-state index in [1.807, 2.05) is 0 Å². The van der Waals surface area contributed by atoms with E-state index in [0.29, 0.717) is 5.70 Å². The first-order valence-corrected chi connectivity index (χ1v) is 2.86. The van der Waals surface area contributed by atoms with Crippen molar-refractivity contribution in [3.8, 4) is 0 Å². The van der Waals surface area contributed by atoms with Gasteiger partial charge >= 0.3 is 0 Å². The van der Waals surface area contributed by atoms with Crippen LogP contribution in [0.25, 0.3) is 0 Å². The maximum Gasteiger partial charge on any atom is 0.220 e. The summed E-state index contributed by atoms with van der Waals surface area (Å²) >= 11 is 0. The smallest absolute Gasteiger partial charge is 0.220 e. The zero-order valence-electron chi connectivity index (χ0n) is 6.14. The number of amides is 1. The van der Waals surface area contributed by atoms with Crippen molar-refractivity contribution in [2.45, 2.75) is 13.8 Å². The fourth-order valence-corrected chi connectivity index (χ4v) is 0.564. The summed E-state index contributed by atoms with van der Waals surface area (Å²) in [4.78, 5) is 10.4. The van der Waals surface area contributed by atoms with Crippen LogP contribution in [0, 0.1) is 0 Å². The molecule has 0 unspecified atom stereocenters. The predicted octanol–water partition coefficient (Wildman–Crippen LogP) is 1.10. The normalized spacial score (nSPS) is 10.8. The Labute approximate surface area is 60.1 Å². The van der Waals surface area contributed by atoms with Gasteiger partial charge in [-0.15, -0.1) is 0 Å². The van der Waals surface area contributed by atoms with Crippen LogP contribution >= 0.6 is 0 Å². The monoisotopic (exact) mass is 141 g/mol. The SMILES string of the molecule is C=C(O)/C=C(\C)NC(C)=O. The minimum atomic E-state index is -0.157. The summed E-state index contributed by atoms with van der Waals surface area (Å²) in [5.74, 6) is -0.221. The standard InChI is InChI=1S/C7H11NO2/c1-5(4-6(2)9)8-7(3)10/h4,9H,2H2,1,3H3,(H,8,10)/b5-4+. The van der Waals surface area contributed by atoms with Crippen LogP contribution in [-0.2, 0) is 4.79 Å². The lowest BCUT2D eigenvalue weighted by molar-refractivity contribution is -0.118. The highest BCUT2D eigenvalue weighted by Crippen LogP contribution is 1.91. The second-order valence-corrected chi connectivity index (χ2v) is 2.00. The van der Waals surface area contributed by atoms with Crippen LogP contribution in [0.15, 0.2) is 24.1 Å². The lowest BCUT2D eigenvalue weighted by atomic mass is 10.4. The number of aliphatic hydroxyl groups is 1. The lowest BCUT2D eigenvalue weighted by Gasteiger charge is -1.99. The molecule has 2 N–H and O–H groups in total. The van der Waals surface area contributed by atoms with Crippen molar-refractivity contribution in [2.24, 2.45) is 0 Å². The van der Waals surface area contributed by atoms with E-state index in [1.54, 1.807) is 6.92 Å². The number of rotatable bonds is 2. The first-order valence-electron chi connectivity index (χ1n) is 2.86. The number of allylic oxidation sites excluding steroid dienone is 2. The molecule has 3 heteroatoms. The number of nitrogens with one attached hydrogen (secondary N) is 1. The molecule has 10 heavy (non-hydrogen) atoms. The highest BCUT2D eigenvalue weighted by atomic mass is 16.3. The van der Waals surface area contributed by atoms with Gasteiger partial charge in [-0.3, -0.25) is 4.79 Å². The molecular formula is C7H11NO2. The molecule has 0 rings (SSSR count). The van der Waals surface area contributed by atoms with Crippen molar-refractivity contribution in [2.75, 3.05) is 0 Å². The van der Waals surface area contributed by atoms with Crippen LogP contribution < -0.4 is 5.32 Å². The van der Waals surface area contributed by atoms with Crippen molar-refractivity contribution in [1.82, 2.24) is 5.32 Å². The van der Waals surface area contributed by atoms with Gasteiger partial charge in [0.1, 0.15) is 5.76 Å². The van der Waals surface area contributed by atoms with Gasteiger partial charge in [0.2, 0.25) is 5.91 Å². The highest BCUT2D eigenvalue weighted by molar-refractivity contribution is 5.74. The molecule has 3 nitrogen and oxygen atoms in total. The van der Waals surface area contributed by atoms with Crippen LogP contribution in [-0.4, -0.2) is 11.0 Å². The summed E-state index contributed by atoms with van der Waals surface area (Å²) in [5.41, 5.74) is 0.583. The van der Waals surface area contributed by atoms with E-state index in [9.17, 15) is 4.79 Å². The Morgan fingerprint density at radius 1 is 1.60 bits per heavy atom. The van der Waals surface area contributed by atoms with Crippen molar-refractivity contribution in [3.63, 3.8) is 0 Å². The van der Waals surface area contributed by atoms with Gasteiger partial charge in [-0.1, -0.05) is 6.58 Å². The molecule has 1 amide bonds. The molecule has 0 aromatic rings. The fraction of sp³-hybridized carbons (Fsp3) is 0.286. The number of aliphatic hydroxyl groups excluding tert-OH is 1. The van der Waals surface area contributed by atoms with Crippen LogP contribution in [0.2, 0.25) is 0 Å². The third-order valence-electron chi connectivity index (χ3n) is 0.756. The van der Waals surface area contributed by atoms with Gasteiger partial charge in [-0.05, 0) is 13.0 Å². The van der Waals surface area contributed by atoms with E-state index in [4.69, 9.17) is 5.11 Å². The van der Waals surface area contributed by atoms with Crippen molar-refractivity contribution in [3.05, 3.63) is 24.1 Å². The molecule has 0 radical (unpaired) electrons. The molecule has 0 aliphatic heterocycles. The third-order valence-corrected chi connectivity index (χ3v) is 0.756. The molecule has 0 aromatic heterocycles. The largest absolute Gasteiger partial charge is 0.509 e. The van der Waals surface area contributed by atoms with Crippen LogP contribution in [0.1, 0.15) is 13.8 Å². The summed E-state index contributed by atoms with van der Waals surface area (Å²) in [6, 6.07) is 0. The molecule has 0 bridgehead atoms. The molecule has 0 aliphatic rings. The third kappa shape index (κ3) is 4.90. The van der Waals surface area contributed by atoms with E-state index >= 15 is 0 Å². The van der Waals surface area contributed by atoms with Gasteiger partial charge in [-0.25, -0.2) is 0 Å². The highest BCUT2D eigenvalue weighted by Gasteiger charge is 1.91. The predicted molar refractivity (Wildman–Crippen MR) is 39.3 cm³/mol. The summed E-state index contributed by atoms with van der Waals surface area (Å²) in [5, 5.41) is 11.1. The van der Waals surface area contributed by atoms with Crippen molar-refractivity contribution in [1.29, 1.82) is 0 Å². The molecule has 0 saturated heterocycles. The quantitative estimate of drug-likeness (QED) is 0.447. The lowest BCUT2D eigenvalue weighted by Crippen LogP contribution is -2.17. The maximum absolute atomic E-state index is 10.4. The molecule has 0 fully saturated rings. The Morgan fingerprint density at radius 3 is 2.40 bits per heavy atom. The minimum Gasteiger partial charge on any atom is -0.509 e. The average molecular weight is 141 g/mol. The number of hydrogen-bond donors (Lipinski definition) is 2. The second kappa shape index (κ2) is 3.71. The van der Waals surface area contributed by atoms with E-state index in [1.165, 1.54) is 13.0 Å². The molecule has 0 aromatic carbocycles. The minimum absolute atomic E-state index is 0.0637. The number of carbonyl (C=O) groups excluding carboxylic acids is 1. The second-order valence-electron chi connectivity index (χ2n) is 2.00. The van der Waals surface area contributed by atoms with Crippen molar-refractivity contribution >= 4 is 5.91 Å². The summed E-state index contributed by atoms with van der Waals surface area (Å²) in [7, 11) is 0. The first kappa shape index (κ1) is 8.75. The Morgan fingerprint density at radius 2 is 2.10 bits per heavy atom. The zero-order chi connectivity index (χ0) is 8.15. The van der Waals surface area contributed by atoms with Gasteiger partial charge in [0, 0.05) is 12.6 Å².